The summed E-state index contributed by atoms with van der Waals surface area (Å²) in [5, 5.41) is 10.4. The van der Waals surface area contributed by atoms with E-state index in [9.17, 15) is 9.59 Å². The molecule has 1 aromatic carbocycles. The second-order valence-corrected chi connectivity index (χ2v) is 6.35. The molecule has 1 atom stereocenters. The number of rotatable bonds is 6. The number of carbonyl (C=O) groups excluding carboxylic acids is 2. The van der Waals surface area contributed by atoms with E-state index in [2.05, 4.69) is 15.7 Å². The van der Waals surface area contributed by atoms with Crippen LogP contribution < -0.4 is 10.6 Å². The zero-order chi connectivity index (χ0) is 18.6. The monoisotopic (exact) mass is 383 g/mol. The van der Waals surface area contributed by atoms with Crippen LogP contribution in [0, 0.1) is 0 Å². The van der Waals surface area contributed by atoms with E-state index in [-0.39, 0.29) is 18.4 Å². The minimum Gasteiger partial charge on any atom is -0.335 e. The first-order valence-corrected chi connectivity index (χ1v) is 8.23. The summed E-state index contributed by atoms with van der Waals surface area (Å²) in [6.45, 7) is -0.0997. The van der Waals surface area contributed by atoms with Crippen LogP contribution in [0.2, 0.25) is 10.0 Å². The third kappa shape index (κ3) is 4.94. The van der Waals surface area contributed by atoms with Crippen LogP contribution in [0.5, 0.6) is 0 Å². The molecule has 134 valence electrons. The standard InChI is InChI=1S/C16H19Cl2N5O2/c1-19-15(10-7-20-23(3)8-10)16(25)22(2)9-14(24)21-11-4-5-12(17)13(18)6-11/h4-8,15,19H,9H2,1-3H3,(H,21,24). The molecule has 0 aliphatic heterocycles. The molecule has 0 saturated heterocycles. The van der Waals surface area contributed by atoms with Gasteiger partial charge in [-0.05, 0) is 25.2 Å². The fraction of sp³-hybridized carbons (Fsp3) is 0.312. The molecule has 0 radical (unpaired) electrons. The van der Waals surface area contributed by atoms with Gasteiger partial charge in [0, 0.05) is 31.5 Å². The van der Waals surface area contributed by atoms with Crippen LogP contribution in [0.3, 0.4) is 0 Å². The van der Waals surface area contributed by atoms with Crippen molar-refractivity contribution in [2.75, 3.05) is 26.0 Å². The van der Waals surface area contributed by atoms with Crippen LogP contribution in [0.1, 0.15) is 11.6 Å². The minimum absolute atomic E-state index is 0.0997. The highest BCUT2D eigenvalue weighted by atomic mass is 35.5. The molecule has 1 unspecified atom stereocenters. The molecule has 7 nitrogen and oxygen atoms in total. The summed E-state index contributed by atoms with van der Waals surface area (Å²) in [6, 6.07) is 4.21. The first-order chi connectivity index (χ1) is 11.8. The first-order valence-electron chi connectivity index (χ1n) is 7.47. The van der Waals surface area contributed by atoms with Crippen LogP contribution in [0.15, 0.2) is 30.6 Å². The Morgan fingerprint density at radius 1 is 1.32 bits per heavy atom. The Morgan fingerprint density at radius 2 is 2.04 bits per heavy atom. The zero-order valence-corrected chi connectivity index (χ0v) is 15.6. The smallest absolute Gasteiger partial charge is 0.244 e. The average molecular weight is 384 g/mol. The fourth-order valence-electron chi connectivity index (χ4n) is 2.31. The largest absolute Gasteiger partial charge is 0.335 e. The van der Waals surface area contributed by atoms with E-state index in [0.29, 0.717) is 15.7 Å². The van der Waals surface area contributed by atoms with Gasteiger partial charge in [0.2, 0.25) is 11.8 Å². The van der Waals surface area contributed by atoms with Crippen molar-refractivity contribution in [3.63, 3.8) is 0 Å². The van der Waals surface area contributed by atoms with E-state index in [0.717, 1.165) is 5.56 Å². The lowest BCUT2D eigenvalue weighted by molar-refractivity contribution is -0.135. The molecule has 0 bridgehead atoms. The molecule has 25 heavy (non-hydrogen) atoms. The number of anilines is 1. The van der Waals surface area contributed by atoms with E-state index < -0.39 is 6.04 Å². The van der Waals surface area contributed by atoms with E-state index in [4.69, 9.17) is 23.2 Å². The molecule has 2 aromatic rings. The number of aryl methyl sites for hydroxylation is 1. The summed E-state index contributed by atoms with van der Waals surface area (Å²) in [6.07, 6.45) is 3.37. The predicted molar refractivity (Wildman–Crippen MR) is 97.7 cm³/mol. The maximum atomic E-state index is 12.6. The Morgan fingerprint density at radius 3 is 2.60 bits per heavy atom. The maximum absolute atomic E-state index is 12.6. The van der Waals surface area contributed by atoms with E-state index >= 15 is 0 Å². The third-order valence-electron chi connectivity index (χ3n) is 3.55. The SMILES string of the molecule is CNC(C(=O)N(C)CC(=O)Nc1ccc(Cl)c(Cl)c1)c1cnn(C)c1. The molecular formula is C16H19Cl2N5O2. The van der Waals surface area contributed by atoms with Crippen molar-refractivity contribution in [2.24, 2.45) is 7.05 Å². The molecule has 0 spiro atoms. The Kier molecular flexibility index (Phi) is 6.41. The molecule has 0 aliphatic carbocycles. The lowest BCUT2D eigenvalue weighted by Gasteiger charge is -2.22. The molecule has 0 saturated carbocycles. The normalized spacial score (nSPS) is 11.9. The van der Waals surface area contributed by atoms with Crippen LogP contribution in [-0.4, -0.2) is 47.1 Å². The van der Waals surface area contributed by atoms with Crippen LogP contribution in [-0.2, 0) is 16.6 Å². The van der Waals surface area contributed by atoms with Gasteiger partial charge in [0.25, 0.3) is 0 Å². The van der Waals surface area contributed by atoms with Gasteiger partial charge in [-0.2, -0.15) is 5.10 Å². The van der Waals surface area contributed by atoms with Crippen LogP contribution in [0.4, 0.5) is 5.69 Å². The van der Waals surface area contributed by atoms with Gasteiger partial charge in [-0.1, -0.05) is 23.2 Å². The van der Waals surface area contributed by atoms with Gasteiger partial charge < -0.3 is 15.5 Å². The van der Waals surface area contributed by atoms with Crippen molar-refractivity contribution >= 4 is 40.7 Å². The van der Waals surface area contributed by atoms with Crippen LogP contribution in [0.25, 0.3) is 0 Å². The van der Waals surface area contributed by atoms with Gasteiger partial charge in [0.15, 0.2) is 0 Å². The van der Waals surface area contributed by atoms with Crippen molar-refractivity contribution < 1.29 is 9.59 Å². The molecule has 0 aliphatic rings. The van der Waals surface area contributed by atoms with Gasteiger partial charge in [-0.3, -0.25) is 14.3 Å². The number of aromatic nitrogens is 2. The van der Waals surface area contributed by atoms with Crippen molar-refractivity contribution in [3.05, 3.63) is 46.2 Å². The summed E-state index contributed by atoms with van der Waals surface area (Å²) < 4.78 is 1.62. The summed E-state index contributed by atoms with van der Waals surface area (Å²) >= 11 is 11.8. The number of likely N-dealkylation sites (N-methyl/N-ethyl adjacent to an activating group) is 2. The lowest BCUT2D eigenvalue weighted by atomic mass is 10.1. The summed E-state index contributed by atoms with van der Waals surface area (Å²) in [7, 11) is 5.02. The minimum atomic E-state index is -0.573. The summed E-state index contributed by atoms with van der Waals surface area (Å²) in [4.78, 5) is 26.1. The van der Waals surface area contributed by atoms with Gasteiger partial charge in [0.05, 0.1) is 22.8 Å². The summed E-state index contributed by atoms with van der Waals surface area (Å²) in [5.74, 6) is -0.574. The van der Waals surface area contributed by atoms with Crippen molar-refractivity contribution in [3.8, 4) is 0 Å². The molecule has 1 heterocycles. The average Bonchev–Trinajstić information content (AvgIpc) is 2.97. The Hall–Kier alpha value is -2.09. The highest BCUT2D eigenvalue weighted by molar-refractivity contribution is 6.42. The van der Waals surface area contributed by atoms with Crippen LogP contribution >= 0.6 is 23.2 Å². The van der Waals surface area contributed by atoms with Gasteiger partial charge in [-0.25, -0.2) is 0 Å². The molecule has 2 N–H and O–H groups in total. The van der Waals surface area contributed by atoms with E-state index in [1.807, 2.05) is 0 Å². The number of hydrogen-bond acceptors (Lipinski definition) is 4. The van der Waals surface area contributed by atoms with Gasteiger partial charge in [0.1, 0.15) is 6.04 Å². The second kappa shape index (κ2) is 8.33. The zero-order valence-electron chi connectivity index (χ0n) is 14.1. The van der Waals surface area contributed by atoms with E-state index in [1.54, 1.807) is 56.4 Å². The number of amides is 2. The van der Waals surface area contributed by atoms with Crippen molar-refractivity contribution in [2.45, 2.75) is 6.04 Å². The molecule has 1 aromatic heterocycles. The first kappa shape index (κ1) is 19.2. The topological polar surface area (TPSA) is 79.3 Å². The molecule has 0 fully saturated rings. The van der Waals surface area contributed by atoms with Gasteiger partial charge >= 0.3 is 0 Å². The molecule has 2 amide bonds. The molecule has 9 heteroatoms. The van der Waals surface area contributed by atoms with Crippen molar-refractivity contribution in [1.29, 1.82) is 0 Å². The quantitative estimate of drug-likeness (QED) is 0.800. The third-order valence-corrected chi connectivity index (χ3v) is 4.29. The number of nitrogens with zero attached hydrogens (tertiary/aromatic N) is 3. The highest BCUT2D eigenvalue weighted by Gasteiger charge is 2.24. The lowest BCUT2D eigenvalue weighted by Crippen LogP contribution is -2.41. The second-order valence-electron chi connectivity index (χ2n) is 5.54. The number of hydrogen-bond donors (Lipinski definition) is 2. The van der Waals surface area contributed by atoms with Crippen molar-refractivity contribution in [1.82, 2.24) is 20.0 Å². The molecule has 2 rings (SSSR count). The number of benzene rings is 1. The summed E-state index contributed by atoms with van der Waals surface area (Å²) in [5.41, 5.74) is 1.24. The molecular weight excluding hydrogens is 365 g/mol. The fourth-order valence-corrected chi connectivity index (χ4v) is 2.61. The number of carbonyl (C=O) groups is 2. The highest BCUT2D eigenvalue weighted by Crippen LogP contribution is 2.25. The maximum Gasteiger partial charge on any atom is 0.244 e. The van der Waals surface area contributed by atoms with E-state index in [1.165, 1.54) is 4.90 Å². The number of nitrogens with one attached hydrogen (secondary N) is 2. The predicted octanol–water partition coefficient (Wildman–Crippen LogP) is 2.08. The number of halogens is 2. The Labute approximate surface area is 155 Å². The van der Waals surface area contributed by atoms with Gasteiger partial charge in [-0.15, -0.1) is 0 Å². The Bertz CT molecular complexity index is 778. The Balaban J connectivity index is 1.99.